The van der Waals surface area contributed by atoms with E-state index in [1.54, 1.807) is 0 Å². The van der Waals surface area contributed by atoms with E-state index in [-0.39, 0.29) is 10.7 Å². The van der Waals surface area contributed by atoms with E-state index in [2.05, 4.69) is 5.32 Å². The Hall–Kier alpha value is -2.18. The lowest BCUT2D eigenvalue weighted by Gasteiger charge is -2.09. The normalized spacial score (nSPS) is 10.2. The van der Waals surface area contributed by atoms with Gasteiger partial charge in [0.1, 0.15) is 17.3 Å². The maximum Gasteiger partial charge on any atom is 0.314 e. The molecule has 0 aliphatic heterocycles. The summed E-state index contributed by atoms with van der Waals surface area (Å²) in [7, 11) is 0. The Morgan fingerprint density at radius 3 is 2.09 bits per heavy atom. The summed E-state index contributed by atoms with van der Waals surface area (Å²) in [5.41, 5.74) is -0.565. The molecule has 4 nitrogen and oxygen atoms in total. The number of hydrogen-bond donors (Lipinski definition) is 2. The van der Waals surface area contributed by atoms with Crippen LogP contribution >= 0.6 is 23.2 Å². The topological polar surface area (TPSA) is 58.2 Å². The van der Waals surface area contributed by atoms with Crippen molar-refractivity contribution in [2.24, 2.45) is 0 Å². The highest BCUT2D eigenvalue weighted by atomic mass is 35.5. The van der Waals surface area contributed by atoms with E-state index in [4.69, 9.17) is 23.2 Å². The predicted molar refractivity (Wildman–Crippen MR) is 80.1 cm³/mol. The average molecular weight is 345 g/mol. The molecule has 2 rings (SSSR count). The second kappa shape index (κ2) is 6.72. The van der Waals surface area contributed by atoms with Crippen LogP contribution in [-0.4, -0.2) is 11.8 Å². The Morgan fingerprint density at radius 2 is 1.50 bits per heavy atom. The molecular formula is C14H8Cl2F2N2O2. The summed E-state index contributed by atoms with van der Waals surface area (Å²) in [6.45, 7) is 0. The van der Waals surface area contributed by atoms with Crippen molar-refractivity contribution >= 4 is 46.4 Å². The SMILES string of the molecule is O=C(Nc1ccc(Cl)cc1Cl)C(=O)Nc1c(F)cccc1F. The fourth-order valence-corrected chi connectivity index (χ4v) is 2.01. The summed E-state index contributed by atoms with van der Waals surface area (Å²) in [4.78, 5) is 23.4. The number of carbonyl (C=O) groups excluding carboxylic acids is 2. The first-order valence-electron chi connectivity index (χ1n) is 5.90. The van der Waals surface area contributed by atoms with Gasteiger partial charge in [-0.25, -0.2) is 8.78 Å². The molecule has 0 aliphatic rings. The third kappa shape index (κ3) is 3.72. The molecule has 0 radical (unpaired) electrons. The van der Waals surface area contributed by atoms with Crippen LogP contribution in [0.15, 0.2) is 36.4 Å². The fraction of sp³-hybridized carbons (Fsp3) is 0. The first kappa shape index (κ1) is 16.2. The van der Waals surface area contributed by atoms with Gasteiger partial charge in [-0.05, 0) is 30.3 Å². The van der Waals surface area contributed by atoms with Crippen LogP contribution in [0.1, 0.15) is 0 Å². The summed E-state index contributed by atoms with van der Waals surface area (Å²) in [6.07, 6.45) is 0. The second-order valence-corrected chi connectivity index (χ2v) is 4.97. The van der Waals surface area contributed by atoms with Gasteiger partial charge < -0.3 is 10.6 Å². The number of para-hydroxylation sites is 1. The summed E-state index contributed by atoms with van der Waals surface area (Å²) in [6, 6.07) is 7.25. The predicted octanol–water partition coefficient (Wildman–Crippen LogP) is 3.85. The van der Waals surface area contributed by atoms with Crippen molar-refractivity contribution in [2.45, 2.75) is 0 Å². The number of nitrogens with one attached hydrogen (secondary N) is 2. The molecule has 0 heterocycles. The van der Waals surface area contributed by atoms with Crippen LogP contribution in [-0.2, 0) is 9.59 Å². The minimum Gasteiger partial charge on any atom is -0.316 e. The standard InChI is InChI=1S/C14H8Cl2F2N2O2/c15-7-4-5-11(8(16)6-7)19-13(21)14(22)20-12-9(17)2-1-3-10(12)18/h1-6H,(H,19,21)(H,20,22). The zero-order valence-corrected chi connectivity index (χ0v) is 12.3. The van der Waals surface area contributed by atoms with E-state index in [9.17, 15) is 18.4 Å². The highest BCUT2D eigenvalue weighted by molar-refractivity contribution is 6.45. The average Bonchev–Trinajstić information content (AvgIpc) is 2.45. The molecule has 0 bridgehead atoms. The molecule has 2 aromatic carbocycles. The number of rotatable bonds is 2. The number of carbonyl (C=O) groups is 2. The Balaban J connectivity index is 2.11. The quantitative estimate of drug-likeness (QED) is 0.813. The van der Waals surface area contributed by atoms with E-state index in [1.165, 1.54) is 18.2 Å². The van der Waals surface area contributed by atoms with Crippen LogP contribution in [0.3, 0.4) is 0 Å². The van der Waals surface area contributed by atoms with Gasteiger partial charge in [-0.15, -0.1) is 0 Å². The smallest absolute Gasteiger partial charge is 0.314 e. The van der Waals surface area contributed by atoms with Crippen LogP contribution in [0.2, 0.25) is 10.0 Å². The highest BCUT2D eigenvalue weighted by Gasteiger charge is 2.19. The molecule has 22 heavy (non-hydrogen) atoms. The number of hydrogen-bond acceptors (Lipinski definition) is 2. The largest absolute Gasteiger partial charge is 0.316 e. The Bertz CT molecular complexity index is 733. The van der Waals surface area contributed by atoms with Crippen LogP contribution in [0.5, 0.6) is 0 Å². The van der Waals surface area contributed by atoms with Crippen LogP contribution < -0.4 is 10.6 Å². The third-order valence-corrected chi connectivity index (χ3v) is 3.13. The molecular weight excluding hydrogens is 337 g/mol. The molecule has 114 valence electrons. The van der Waals surface area contributed by atoms with E-state index in [1.807, 2.05) is 5.32 Å². The van der Waals surface area contributed by atoms with Gasteiger partial charge >= 0.3 is 11.8 Å². The van der Waals surface area contributed by atoms with Crippen molar-refractivity contribution in [2.75, 3.05) is 10.6 Å². The van der Waals surface area contributed by atoms with Crippen molar-refractivity contribution in [1.82, 2.24) is 0 Å². The van der Waals surface area contributed by atoms with Gasteiger partial charge in [0.05, 0.1) is 10.7 Å². The van der Waals surface area contributed by atoms with Crippen LogP contribution in [0, 0.1) is 11.6 Å². The molecule has 0 saturated heterocycles. The van der Waals surface area contributed by atoms with Crippen LogP contribution in [0.25, 0.3) is 0 Å². The van der Waals surface area contributed by atoms with Gasteiger partial charge in [0, 0.05) is 5.02 Å². The maximum atomic E-state index is 13.4. The van der Waals surface area contributed by atoms with Crippen LogP contribution in [0.4, 0.5) is 20.2 Å². The second-order valence-electron chi connectivity index (χ2n) is 4.13. The number of halogens is 4. The van der Waals surface area contributed by atoms with E-state index in [0.29, 0.717) is 5.02 Å². The first-order valence-corrected chi connectivity index (χ1v) is 6.65. The molecule has 0 unspecified atom stereocenters. The van der Waals surface area contributed by atoms with Gasteiger partial charge in [0.25, 0.3) is 0 Å². The van der Waals surface area contributed by atoms with Crippen molar-refractivity contribution in [3.63, 3.8) is 0 Å². The van der Waals surface area contributed by atoms with E-state index < -0.39 is 29.1 Å². The Morgan fingerprint density at radius 1 is 0.909 bits per heavy atom. The monoisotopic (exact) mass is 344 g/mol. The summed E-state index contributed by atoms with van der Waals surface area (Å²) >= 11 is 11.5. The minimum absolute atomic E-state index is 0.116. The van der Waals surface area contributed by atoms with E-state index >= 15 is 0 Å². The zero-order chi connectivity index (χ0) is 16.3. The fourth-order valence-electron chi connectivity index (χ4n) is 1.56. The minimum atomic E-state index is -1.24. The Kier molecular flexibility index (Phi) is 4.95. The molecule has 0 atom stereocenters. The van der Waals surface area contributed by atoms with Crippen molar-refractivity contribution in [3.05, 3.63) is 58.1 Å². The highest BCUT2D eigenvalue weighted by Crippen LogP contribution is 2.25. The molecule has 0 spiro atoms. The lowest BCUT2D eigenvalue weighted by atomic mass is 10.3. The van der Waals surface area contributed by atoms with Gasteiger partial charge in [-0.3, -0.25) is 9.59 Å². The molecule has 2 amide bonds. The molecule has 2 N–H and O–H groups in total. The number of anilines is 2. The lowest BCUT2D eigenvalue weighted by molar-refractivity contribution is -0.133. The van der Waals surface area contributed by atoms with Gasteiger partial charge in [-0.2, -0.15) is 0 Å². The van der Waals surface area contributed by atoms with Gasteiger partial charge in [-0.1, -0.05) is 29.3 Å². The van der Waals surface area contributed by atoms with E-state index in [0.717, 1.165) is 18.2 Å². The molecule has 8 heteroatoms. The lowest BCUT2D eigenvalue weighted by Crippen LogP contribution is -2.29. The van der Waals surface area contributed by atoms with Gasteiger partial charge in [0.2, 0.25) is 0 Å². The van der Waals surface area contributed by atoms with Crippen molar-refractivity contribution in [1.29, 1.82) is 0 Å². The number of benzene rings is 2. The zero-order valence-electron chi connectivity index (χ0n) is 10.8. The summed E-state index contributed by atoms with van der Waals surface area (Å²) < 4.78 is 26.8. The summed E-state index contributed by atoms with van der Waals surface area (Å²) in [5.74, 6) is -4.36. The first-order chi connectivity index (χ1) is 10.4. The maximum absolute atomic E-state index is 13.4. The summed E-state index contributed by atoms with van der Waals surface area (Å²) in [5, 5.41) is 4.53. The molecule has 0 saturated carbocycles. The van der Waals surface area contributed by atoms with Gasteiger partial charge in [0.15, 0.2) is 0 Å². The molecule has 0 fully saturated rings. The Labute approximate surface area is 134 Å². The molecule has 2 aromatic rings. The third-order valence-electron chi connectivity index (χ3n) is 2.59. The molecule has 0 aliphatic carbocycles. The number of amides is 2. The molecule has 0 aromatic heterocycles. The van der Waals surface area contributed by atoms with Crippen molar-refractivity contribution in [3.8, 4) is 0 Å². The van der Waals surface area contributed by atoms with Crippen molar-refractivity contribution < 1.29 is 18.4 Å².